The van der Waals surface area contributed by atoms with E-state index in [4.69, 9.17) is 23.2 Å². The van der Waals surface area contributed by atoms with Gasteiger partial charge < -0.3 is 5.32 Å². The predicted octanol–water partition coefficient (Wildman–Crippen LogP) is 6.47. The van der Waals surface area contributed by atoms with Crippen LogP contribution in [-0.4, -0.2) is 5.91 Å². The number of carbonyl (C=O) groups excluding carboxylic acids is 1. The first-order valence-corrected chi connectivity index (χ1v) is 9.10. The molecule has 2 aromatic carbocycles. The third-order valence-electron chi connectivity index (χ3n) is 4.53. The van der Waals surface area contributed by atoms with Crippen molar-refractivity contribution in [2.75, 3.05) is 5.32 Å². The van der Waals surface area contributed by atoms with Crippen molar-refractivity contribution in [3.63, 3.8) is 0 Å². The molecule has 125 valence electrons. The Labute approximate surface area is 153 Å². The fourth-order valence-corrected chi connectivity index (χ4v) is 4.15. The van der Waals surface area contributed by atoms with Crippen molar-refractivity contribution in [2.24, 2.45) is 0 Å². The van der Waals surface area contributed by atoms with Crippen LogP contribution in [-0.2, 0) is 4.79 Å². The number of hydrogen-bond donors (Lipinski definition) is 1. The number of hydrogen-bond acceptors (Lipinski definition) is 1. The molecule has 1 amide bonds. The lowest BCUT2D eigenvalue weighted by Crippen LogP contribution is -2.11. The van der Waals surface area contributed by atoms with Gasteiger partial charge in [0.05, 0.1) is 15.7 Å². The largest absolute Gasteiger partial charge is 0.324 e. The molecule has 3 rings (SSSR count). The molecule has 24 heavy (non-hydrogen) atoms. The molecule has 0 spiro atoms. The monoisotopic (exact) mass is 360 g/mol. The molecule has 1 aliphatic carbocycles. The number of benzene rings is 2. The van der Waals surface area contributed by atoms with E-state index in [1.165, 1.54) is 26.2 Å². The molecule has 0 atom stereocenters. The molecule has 0 saturated heterocycles. The zero-order chi connectivity index (χ0) is 17.1. The first kappa shape index (κ1) is 17.3. The average Bonchev–Trinajstić information content (AvgIpc) is 2.59. The van der Waals surface area contributed by atoms with Crippen LogP contribution in [0.3, 0.4) is 0 Å². The van der Waals surface area contributed by atoms with Gasteiger partial charge in [0, 0.05) is 18.6 Å². The third kappa shape index (κ3) is 3.60. The fourth-order valence-electron chi connectivity index (χ4n) is 3.39. The summed E-state index contributed by atoms with van der Waals surface area (Å²) in [6.45, 7) is 1.47. The molecule has 0 aromatic heterocycles. The van der Waals surface area contributed by atoms with Gasteiger partial charge in [-0.1, -0.05) is 72.8 Å². The zero-order valence-electron chi connectivity index (χ0n) is 13.7. The van der Waals surface area contributed by atoms with E-state index in [2.05, 4.69) is 11.4 Å². The molecular formula is C20H20Cl2NO. The quantitative estimate of drug-likeness (QED) is 0.667. The Balaban J connectivity index is 2.17. The van der Waals surface area contributed by atoms with Crippen LogP contribution in [0.15, 0.2) is 30.3 Å². The Morgan fingerprint density at radius 3 is 2.38 bits per heavy atom. The van der Waals surface area contributed by atoms with E-state index in [-0.39, 0.29) is 5.91 Å². The van der Waals surface area contributed by atoms with Crippen LogP contribution in [0.25, 0.3) is 11.1 Å². The Morgan fingerprint density at radius 2 is 1.75 bits per heavy atom. The molecule has 0 heterocycles. The van der Waals surface area contributed by atoms with E-state index in [9.17, 15) is 4.79 Å². The molecule has 1 saturated carbocycles. The van der Waals surface area contributed by atoms with Gasteiger partial charge in [-0.2, -0.15) is 0 Å². The molecule has 4 heteroatoms. The molecule has 2 nitrogen and oxygen atoms in total. The Kier molecular flexibility index (Phi) is 5.47. The fraction of sp³-hybridized carbons (Fsp3) is 0.350. The van der Waals surface area contributed by atoms with Crippen LogP contribution in [0, 0.1) is 6.07 Å². The van der Waals surface area contributed by atoms with Crippen LogP contribution in [0.2, 0.25) is 10.0 Å². The number of halogens is 2. The summed E-state index contributed by atoms with van der Waals surface area (Å²) < 4.78 is 0. The van der Waals surface area contributed by atoms with E-state index in [0.717, 1.165) is 29.5 Å². The lowest BCUT2D eigenvalue weighted by atomic mass is 9.82. The number of carbonyl (C=O) groups is 1. The summed E-state index contributed by atoms with van der Waals surface area (Å²) in [6.07, 6.45) is 5.88. The van der Waals surface area contributed by atoms with Crippen molar-refractivity contribution in [2.45, 2.75) is 44.9 Å². The molecule has 0 unspecified atom stereocenters. The molecule has 0 bridgehead atoms. The second kappa shape index (κ2) is 7.58. The van der Waals surface area contributed by atoms with Gasteiger partial charge in [0.15, 0.2) is 0 Å². The maximum absolute atomic E-state index is 11.6. The van der Waals surface area contributed by atoms with Crippen LogP contribution < -0.4 is 5.32 Å². The molecule has 1 N–H and O–H groups in total. The van der Waals surface area contributed by atoms with Gasteiger partial charge >= 0.3 is 0 Å². The van der Waals surface area contributed by atoms with Crippen LogP contribution in [0.4, 0.5) is 5.69 Å². The van der Waals surface area contributed by atoms with Crippen molar-refractivity contribution in [3.8, 4) is 11.1 Å². The normalized spacial score (nSPS) is 15.3. The summed E-state index contributed by atoms with van der Waals surface area (Å²) >= 11 is 13.3. The number of anilines is 1. The van der Waals surface area contributed by atoms with E-state index in [1.807, 2.05) is 30.3 Å². The Morgan fingerprint density at radius 1 is 1.08 bits per heavy atom. The molecule has 0 aliphatic heterocycles. The minimum atomic E-state index is -0.163. The second-order valence-corrected chi connectivity index (χ2v) is 7.05. The van der Waals surface area contributed by atoms with Crippen molar-refractivity contribution in [1.82, 2.24) is 0 Å². The summed E-state index contributed by atoms with van der Waals surface area (Å²) in [4.78, 5) is 11.6. The van der Waals surface area contributed by atoms with Gasteiger partial charge in [-0.3, -0.25) is 4.79 Å². The van der Waals surface area contributed by atoms with Crippen molar-refractivity contribution < 1.29 is 4.79 Å². The maximum atomic E-state index is 11.6. The minimum Gasteiger partial charge on any atom is -0.324 e. The zero-order valence-corrected chi connectivity index (χ0v) is 15.2. The molecule has 1 aliphatic rings. The number of rotatable bonds is 3. The average molecular weight is 361 g/mol. The van der Waals surface area contributed by atoms with Gasteiger partial charge in [-0.05, 0) is 29.9 Å². The topological polar surface area (TPSA) is 29.1 Å². The van der Waals surface area contributed by atoms with Gasteiger partial charge in [-0.25, -0.2) is 0 Å². The van der Waals surface area contributed by atoms with Crippen molar-refractivity contribution >= 4 is 34.8 Å². The Bertz CT molecular complexity index is 737. The molecule has 2 aromatic rings. The molecule has 1 radical (unpaired) electrons. The van der Waals surface area contributed by atoms with E-state index < -0.39 is 0 Å². The predicted molar refractivity (Wildman–Crippen MR) is 101 cm³/mol. The van der Waals surface area contributed by atoms with E-state index in [1.54, 1.807) is 0 Å². The summed E-state index contributed by atoms with van der Waals surface area (Å²) in [5.41, 5.74) is 3.23. The highest BCUT2D eigenvalue weighted by Crippen LogP contribution is 2.46. The van der Waals surface area contributed by atoms with Gasteiger partial charge in [0.2, 0.25) is 5.91 Å². The lowest BCUT2D eigenvalue weighted by molar-refractivity contribution is -0.114. The minimum absolute atomic E-state index is 0.163. The highest BCUT2D eigenvalue weighted by molar-refractivity contribution is 6.41. The first-order valence-electron chi connectivity index (χ1n) is 8.35. The summed E-state index contributed by atoms with van der Waals surface area (Å²) in [5.74, 6) is 0.211. The second-order valence-electron chi connectivity index (χ2n) is 6.30. The number of amides is 1. The lowest BCUT2D eigenvalue weighted by Gasteiger charge is -2.25. The summed E-state index contributed by atoms with van der Waals surface area (Å²) in [6, 6.07) is 13.1. The van der Waals surface area contributed by atoms with E-state index >= 15 is 0 Å². The van der Waals surface area contributed by atoms with Crippen LogP contribution in [0.5, 0.6) is 0 Å². The summed E-state index contributed by atoms with van der Waals surface area (Å²) in [5, 5.41) is 3.91. The standard InChI is InChI=1S/C20H20Cl2NO/c1-13(24)23-17-12-16(14-8-4-2-5-9-14)19(21)18(20(17)22)15-10-6-3-7-11-15/h3,6-7,10-11,14H,2,4-5,8-9H2,1H3,(H,23,24). The SMILES string of the molecule is CC(=O)Nc1[c]c(C2CCCCC2)c(Cl)c(-c2ccccc2)c1Cl. The van der Waals surface area contributed by atoms with Crippen molar-refractivity contribution in [3.05, 3.63) is 52.0 Å². The third-order valence-corrected chi connectivity index (χ3v) is 5.30. The van der Waals surface area contributed by atoms with Crippen molar-refractivity contribution in [1.29, 1.82) is 0 Å². The Hall–Kier alpha value is -1.51. The van der Waals surface area contributed by atoms with Crippen LogP contribution >= 0.6 is 23.2 Å². The van der Waals surface area contributed by atoms with Gasteiger partial charge in [-0.15, -0.1) is 0 Å². The first-order chi connectivity index (χ1) is 11.6. The number of nitrogens with one attached hydrogen (secondary N) is 1. The highest BCUT2D eigenvalue weighted by Gasteiger charge is 2.24. The summed E-state index contributed by atoms with van der Waals surface area (Å²) in [7, 11) is 0. The molecular weight excluding hydrogens is 341 g/mol. The van der Waals surface area contributed by atoms with Crippen LogP contribution in [0.1, 0.15) is 50.5 Å². The van der Waals surface area contributed by atoms with Gasteiger partial charge in [0.1, 0.15) is 0 Å². The highest BCUT2D eigenvalue weighted by atomic mass is 35.5. The maximum Gasteiger partial charge on any atom is 0.221 e. The molecule has 1 fully saturated rings. The smallest absolute Gasteiger partial charge is 0.221 e. The van der Waals surface area contributed by atoms with Gasteiger partial charge in [0.25, 0.3) is 0 Å². The van der Waals surface area contributed by atoms with E-state index in [0.29, 0.717) is 21.7 Å².